The maximum Gasteiger partial charge on any atom is 0.220 e. The third-order valence-corrected chi connectivity index (χ3v) is 1.83. The molecule has 1 unspecified atom stereocenters. The van der Waals surface area contributed by atoms with E-state index in [0.29, 0.717) is 6.42 Å². The van der Waals surface area contributed by atoms with Gasteiger partial charge in [-0.2, -0.15) is 0 Å². The first-order valence-electron chi connectivity index (χ1n) is 3.98. The van der Waals surface area contributed by atoms with Crippen LogP contribution in [0.5, 0.6) is 0 Å². The topological polar surface area (TPSA) is 29.1 Å². The summed E-state index contributed by atoms with van der Waals surface area (Å²) in [5.74, 6) is 0.152. The Balaban J connectivity index is 2.51. The van der Waals surface area contributed by atoms with Crippen molar-refractivity contribution < 1.29 is 4.79 Å². The van der Waals surface area contributed by atoms with E-state index in [2.05, 4.69) is 17.6 Å². The minimum atomic E-state index is 0.152. The van der Waals surface area contributed by atoms with Crippen molar-refractivity contribution in [2.24, 2.45) is 0 Å². The van der Waals surface area contributed by atoms with Crippen molar-refractivity contribution in [2.45, 2.75) is 31.7 Å². The molecule has 2 heteroatoms. The lowest BCUT2D eigenvalue weighted by Gasteiger charge is -2.08. The van der Waals surface area contributed by atoms with Gasteiger partial charge in [0.25, 0.3) is 0 Å². The average Bonchev–Trinajstić information content (AvgIpc) is 2.15. The molecule has 0 bridgehead atoms. The summed E-state index contributed by atoms with van der Waals surface area (Å²) in [5.41, 5.74) is 2.70. The van der Waals surface area contributed by atoms with Crippen LogP contribution in [0, 0.1) is 0 Å². The Hall–Kier alpha value is -1.01. The van der Waals surface area contributed by atoms with Crippen LogP contribution in [0.1, 0.15) is 25.7 Å². The summed E-state index contributed by atoms with van der Waals surface area (Å²) in [6.07, 6.45) is 5.63. The molecule has 1 heterocycles. The molecule has 0 spiro atoms. The molecule has 1 aliphatic rings. The van der Waals surface area contributed by atoms with Gasteiger partial charge in [-0.1, -0.05) is 13.0 Å². The van der Waals surface area contributed by atoms with Crippen LogP contribution in [-0.4, -0.2) is 11.9 Å². The van der Waals surface area contributed by atoms with Crippen LogP contribution in [0.15, 0.2) is 18.4 Å². The van der Waals surface area contributed by atoms with Gasteiger partial charge in [0.05, 0.1) is 6.04 Å². The van der Waals surface area contributed by atoms with Gasteiger partial charge in [-0.25, -0.2) is 0 Å². The maximum absolute atomic E-state index is 11.0. The molecule has 1 N–H and O–H groups in total. The zero-order chi connectivity index (χ0) is 8.10. The quantitative estimate of drug-likeness (QED) is 0.564. The van der Waals surface area contributed by atoms with Crippen molar-refractivity contribution in [3.8, 4) is 0 Å². The summed E-state index contributed by atoms with van der Waals surface area (Å²) in [4.78, 5) is 11.0. The first kappa shape index (κ1) is 8.09. The second kappa shape index (κ2) is 3.99. The molecule has 0 saturated carbocycles. The van der Waals surface area contributed by atoms with Crippen molar-refractivity contribution >= 4 is 5.91 Å². The molecule has 2 nitrogen and oxygen atoms in total. The monoisotopic (exact) mass is 151 g/mol. The second-order valence-corrected chi connectivity index (χ2v) is 2.79. The van der Waals surface area contributed by atoms with Gasteiger partial charge in [-0.05, 0) is 18.9 Å². The van der Waals surface area contributed by atoms with Crippen LogP contribution in [0.3, 0.4) is 0 Å². The van der Waals surface area contributed by atoms with Gasteiger partial charge in [-0.15, -0.1) is 5.73 Å². The SMILES string of the molecule is C=C=CC1CCCCC(=O)N1. The van der Waals surface area contributed by atoms with Gasteiger partial charge >= 0.3 is 0 Å². The van der Waals surface area contributed by atoms with E-state index in [4.69, 9.17) is 0 Å². The highest BCUT2D eigenvalue weighted by Crippen LogP contribution is 2.09. The molecule has 1 amide bonds. The van der Waals surface area contributed by atoms with Crippen LogP contribution >= 0.6 is 0 Å². The molecular weight excluding hydrogens is 138 g/mol. The van der Waals surface area contributed by atoms with Crippen LogP contribution < -0.4 is 5.32 Å². The number of hydrogen-bond donors (Lipinski definition) is 1. The molecule has 1 saturated heterocycles. The highest BCUT2D eigenvalue weighted by Gasteiger charge is 2.12. The molecule has 1 fully saturated rings. The molecule has 1 atom stereocenters. The van der Waals surface area contributed by atoms with Gasteiger partial charge in [-0.3, -0.25) is 4.79 Å². The molecule has 0 aromatic carbocycles. The van der Waals surface area contributed by atoms with Gasteiger partial charge in [0, 0.05) is 6.42 Å². The van der Waals surface area contributed by atoms with Crippen molar-refractivity contribution in [3.63, 3.8) is 0 Å². The molecule has 0 aromatic heterocycles. The van der Waals surface area contributed by atoms with Crippen molar-refractivity contribution in [1.29, 1.82) is 0 Å². The van der Waals surface area contributed by atoms with Crippen LogP contribution in [0.25, 0.3) is 0 Å². The smallest absolute Gasteiger partial charge is 0.220 e. The number of carbonyl (C=O) groups excluding carboxylic acids is 1. The molecule has 11 heavy (non-hydrogen) atoms. The lowest BCUT2D eigenvalue weighted by atomic mass is 10.1. The Labute approximate surface area is 67.0 Å². The Bertz CT molecular complexity index is 192. The summed E-state index contributed by atoms with van der Waals surface area (Å²) in [6, 6.07) is 0.169. The minimum Gasteiger partial charge on any atom is -0.349 e. The number of nitrogens with one attached hydrogen (secondary N) is 1. The number of hydrogen-bond acceptors (Lipinski definition) is 1. The average molecular weight is 151 g/mol. The number of carbonyl (C=O) groups is 1. The third kappa shape index (κ3) is 2.60. The van der Waals surface area contributed by atoms with Gasteiger partial charge in [0.2, 0.25) is 5.91 Å². The van der Waals surface area contributed by atoms with Crippen molar-refractivity contribution in [2.75, 3.05) is 0 Å². The molecular formula is C9H13NO. The molecule has 0 radical (unpaired) electrons. The molecule has 1 aliphatic heterocycles. The standard InChI is InChI=1S/C9H13NO/c1-2-5-8-6-3-4-7-9(11)10-8/h5,8H,1,3-4,6-7H2,(H,10,11). The lowest BCUT2D eigenvalue weighted by Crippen LogP contribution is -2.30. The minimum absolute atomic E-state index is 0.152. The zero-order valence-corrected chi connectivity index (χ0v) is 6.60. The Morgan fingerprint density at radius 3 is 3.18 bits per heavy atom. The zero-order valence-electron chi connectivity index (χ0n) is 6.60. The predicted molar refractivity (Wildman–Crippen MR) is 44.1 cm³/mol. The fourth-order valence-electron chi connectivity index (χ4n) is 1.27. The first-order valence-corrected chi connectivity index (χ1v) is 3.98. The largest absolute Gasteiger partial charge is 0.349 e. The fourth-order valence-corrected chi connectivity index (χ4v) is 1.27. The Kier molecular flexibility index (Phi) is 2.94. The number of rotatable bonds is 1. The normalized spacial score (nSPS) is 24.7. The van der Waals surface area contributed by atoms with Crippen molar-refractivity contribution in [3.05, 3.63) is 18.4 Å². The van der Waals surface area contributed by atoms with Crippen LogP contribution in [-0.2, 0) is 4.79 Å². The molecule has 0 aliphatic carbocycles. The van der Waals surface area contributed by atoms with Crippen LogP contribution in [0.2, 0.25) is 0 Å². The Morgan fingerprint density at radius 1 is 1.64 bits per heavy atom. The highest BCUT2D eigenvalue weighted by atomic mass is 16.1. The van der Waals surface area contributed by atoms with E-state index < -0.39 is 0 Å². The molecule has 60 valence electrons. The summed E-state index contributed by atoms with van der Waals surface area (Å²) in [6.45, 7) is 3.48. The van der Waals surface area contributed by atoms with E-state index in [1.807, 2.05) is 6.08 Å². The fraction of sp³-hybridized carbons (Fsp3) is 0.556. The third-order valence-electron chi connectivity index (χ3n) is 1.83. The predicted octanol–water partition coefficient (Wildman–Crippen LogP) is 1.39. The van der Waals surface area contributed by atoms with Crippen LogP contribution in [0.4, 0.5) is 0 Å². The second-order valence-electron chi connectivity index (χ2n) is 2.79. The first-order chi connectivity index (χ1) is 5.33. The van der Waals surface area contributed by atoms with Gasteiger partial charge in [0.15, 0.2) is 0 Å². The van der Waals surface area contributed by atoms with E-state index in [1.165, 1.54) is 0 Å². The van der Waals surface area contributed by atoms with E-state index in [0.717, 1.165) is 19.3 Å². The lowest BCUT2D eigenvalue weighted by molar-refractivity contribution is -0.121. The van der Waals surface area contributed by atoms with E-state index >= 15 is 0 Å². The van der Waals surface area contributed by atoms with Gasteiger partial charge in [0.1, 0.15) is 0 Å². The van der Waals surface area contributed by atoms with Gasteiger partial charge < -0.3 is 5.32 Å². The summed E-state index contributed by atoms with van der Waals surface area (Å²) >= 11 is 0. The maximum atomic E-state index is 11.0. The van der Waals surface area contributed by atoms with Crippen molar-refractivity contribution in [1.82, 2.24) is 5.32 Å². The Morgan fingerprint density at radius 2 is 2.45 bits per heavy atom. The highest BCUT2D eigenvalue weighted by molar-refractivity contribution is 5.76. The number of amides is 1. The molecule has 1 rings (SSSR count). The summed E-state index contributed by atoms with van der Waals surface area (Å²) < 4.78 is 0. The molecule has 0 aromatic rings. The van der Waals surface area contributed by atoms with E-state index in [9.17, 15) is 4.79 Å². The van der Waals surface area contributed by atoms with E-state index in [1.54, 1.807) is 0 Å². The summed E-state index contributed by atoms with van der Waals surface area (Å²) in [7, 11) is 0. The van der Waals surface area contributed by atoms with E-state index in [-0.39, 0.29) is 11.9 Å². The summed E-state index contributed by atoms with van der Waals surface area (Å²) in [5, 5.41) is 2.88.